The number of nitrogens with one attached hydrogen (secondary N) is 2. The van der Waals surface area contributed by atoms with Crippen molar-refractivity contribution in [3.05, 3.63) is 35.4 Å². The molecule has 19 heavy (non-hydrogen) atoms. The maximum Gasteiger partial charge on any atom is 0.0782 e. The zero-order valence-electron chi connectivity index (χ0n) is 12.0. The highest BCUT2D eigenvalue weighted by atomic mass is 15.3. The van der Waals surface area contributed by atoms with Crippen molar-refractivity contribution >= 4 is 5.71 Å². The Balaban J connectivity index is 1.80. The summed E-state index contributed by atoms with van der Waals surface area (Å²) in [6.45, 7) is 8.86. The molecule has 0 spiro atoms. The van der Waals surface area contributed by atoms with Gasteiger partial charge in [0.15, 0.2) is 0 Å². The maximum absolute atomic E-state index is 4.51. The topological polar surface area (TPSA) is 36.4 Å². The van der Waals surface area contributed by atoms with Gasteiger partial charge >= 0.3 is 0 Å². The van der Waals surface area contributed by atoms with Gasteiger partial charge in [-0.25, -0.2) is 0 Å². The van der Waals surface area contributed by atoms with Crippen LogP contribution in [-0.2, 0) is 5.41 Å². The maximum atomic E-state index is 4.51. The third-order valence-electron chi connectivity index (χ3n) is 4.24. The fourth-order valence-electron chi connectivity index (χ4n) is 2.97. The Kier molecular flexibility index (Phi) is 3.09. The van der Waals surface area contributed by atoms with Crippen molar-refractivity contribution in [2.45, 2.75) is 38.6 Å². The van der Waals surface area contributed by atoms with E-state index in [2.05, 4.69) is 60.9 Å². The molecule has 0 saturated carbocycles. The highest BCUT2D eigenvalue weighted by molar-refractivity contribution is 5.89. The zero-order valence-corrected chi connectivity index (χ0v) is 12.0. The summed E-state index contributed by atoms with van der Waals surface area (Å²) in [5.74, 6) is 0.522. The lowest BCUT2D eigenvalue weighted by molar-refractivity contribution is 0.450. The molecule has 2 N–H and O–H groups in total. The van der Waals surface area contributed by atoms with Gasteiger partial charge in [0, 0.05) is 31.1 Å². The van der Waals surface area contributed by atoms with Crippen LogP contribution in [0.2, 0.25) is 0 Å². The van der Waals surface area contributed by atoms with E-state index in [1.54, 1.807) is 0 Å². The minimum Gasteiger partial charge on any atom is -0.316 e. The summed E-state index contributed by atoms with van der Waals surface area (Å²) in [6, 6.07) is 9.37. The second-order valence-electron chi connectivity index (χ2n) is 6.64. The Bertz CT molecular complexity index is 482. The monoisotopic (exact) mass is 257 g/mol. The first kappa shape index (κ1) is 12.7. The number of hydrogen-bond acceptors (Lipinski definition) is 3. The molecule has 1 aromatic carbocycles. The smallest absolute Gasteiger partial charge is 0.0782 e. The molecule has 1 fully saturated rings. The van der Waals surface area contributed by atoms with Gasteiger partial charge in [-0.15, -0.1) is 0 Å². The first-order valence-electron chi connectivity index (χ1n) is 7.19. The van der Waals surface area contributed by atoms with Gasteiger partial charge in [0.25, 0.3) is 0 Å². The number of rotatable bonds is 1. The lowest BCUT2D eigenvalue weighted by atomic mass is 9.83. The molecule has 0 amide bonds. The molecule has 102 valence electrons. The average molecular weight is 257 g/mol. The molecule has 2 aliphatic rings. The van der Waals surface area contributed by atoms with Crippen molar-refractivity contribution in [3.8, 4) is 0 Å². The van der Waals surface area contributed by atoms with Crippen LogP contribution in [0.4, 0.5) is 0 Å². The SMILES string of the molecule is CC(C)(C)c1ccc(C2NN=C3CCNCC32)cc1. The van der Waals surface area contributed by atoms with Gasteiger partial charge in [-0.1, -0.05) is 45.0 Å². The van der Waals surface area contributed by atoms with Crippen LogP contribution < -0.4 is 10.7 Å². The lowest BCUT2D eigenvalue weighted by Crippen LogP contribution is -2.38. The predicted molar refractivity (Wildman–Crippen MR) is 79.4 cm³/mol. The number of hydrogen-bond donors (Lipinski definition) is 2. The molecule has 1 aromatic rings. The second-order valence-corrected chi connectivity index (χ2v) is 6.64. The molecule has 3 rings (SSSR count). The summed E-state index contributed by atoms with van der Waals surface area (Å²) >= 11 is 0. The number of hydrazone groups is 1. The molecule has 1 saturated heterocycles. The molecule has 0 bridgehead atoms. The molecular formula is C16H23N3. The summed E-state index contributed by atoms with van der Waals surface area (Å²) in [5, 5.41) is 7.98. The first-order chi connectivity index (χ1) is 9.05. The Morgan fingerprint density at radius 3 is 2.58 bits per heavy atom. The fraction of sp³-hybridized carbons (Fsp3) is 0.562. The van der Waals surface area contributed by atoms with E-state index in [9.17, 15) is 0 Å². The number of benzene rings is 1. The van der Waals surface area contributed by atoms with Gasteiger partial charge in [0.05, 0.1) is 6.04 Å². The van der Waals surface area contributed by atoms with Crippen molar-refractivity contribution < 1.29 is 0 Å². The molecule has 0 aromatic heterocycles. The Hall–Kier alpha value is -1.35. The van der Waals surface area contributed by atoms with Crippen molar-refractivity contribution in [1.29, 1.82) is 0 Å². The third-order valence-corrected chi connectivity index (χ3v) is 4.24. The van der Waals surface area contributed by atoms with E-state index in [0.717, 1.165) is 19.5 Å². The third kappa shape index (κ3) is 2.39. The normalized spacial score (nSPS) is 26.6. The van der Waals surface area contributed by atoms with Gasteiger partial charge in [-0.05, 0) is 16.5 Å². The zero-order chi connectivity index (χ0) is 13.5. The molecule has 3 heteroatoms. The molecule has 2 unspecified atom stereocenters. The first-order valence-corrected chi connectivity index (χ1v) is 7.19. The van der Waals surface area contributed by atoms with Crippen molar-refractivity contribution in [2.75, 3.05) is 13.1 Å². The van der Waals surface area contributed by atoms with Crippen molar-refractivity contribution in [3.63, 3.8) is 0 Å². The van der Waals surface area contributed by atoms with Crippen LogP contribution in [-0.4, -0.2) is 18.8 Å². The molecular weight excluding hydrogens is 234 g/mol. The molecule has 2 atom stereocenters. The Morgan fingerprint density at radius 2 is 1.89 bits per heavy atom. The van der Waals surface area contributed by atoms with Crippen LogP contribution in [0.25, 0.3) is 0 Å². The largest absolute Gasteiger partial charge is 0.316 e. The number of fused-ring (bicyclic) bond motifs is 1. The minimum atomic E-state index is 0.218. The van der Waals surface area contributed by atoms with Crippen molar-refractivity contribution in [2.24, 2.45) is 11.0 Å². The van der Waals surface area contributed by atoms with Crippen LogP contribution in [0.3, 0.4) is 0 Å². The standard InChI is InChI=1S/C16H23N3/c1-16(2,3)12-6-4-11(5-7-12)15-13-10-17-9-8-14(13)18-19-15/h4-7,13,15,17,19H,8-10H2,1-3H3. The van der Waals surface area contributed by atoms with Crippen LogP contribution >= 0.6 is 0 Å². The highest BCUT2D eigenvalue weighted by Crippen LogP contribution is 2.31. The molecule has 2 heterocycles. The second kappa shape index (κ2) is 4.64. The summed E-state index contributed by atoms with van der Waals surface area (Å²) in [5.41, 5.74) is 7.61. The van der Waals surface area contributed by atoms with E-state index in [0.29, 0.717) is 12.0 Å². The van der Waals surface area contributed by atoms with Gasteiger partial charge in [-0.3, -0.25) is 0 Å². The quantitative estimate of drug-likeness (QED) is 0.811. The van der Waals surface area contributed by atoms with Crippen LogP contribution in [0.15, 0.2) is 29.4 Å². The van der Waals surface area contributed by atoms with E-state index < -0.39 is 0 Å². The van der Waals surface area contributed by atoms with Crippen molar-refractivity contribution in [1.82, 2.24) is 10.7 Å². The van der Waals surface area contributed by atoms with Crippen LogP contribution in [0, 0.1) is 5.92 Å². The summed E-state index contributed by atoms with van der Waals surface area (Å²) in [6.07, 6.45) is 1.08. The van der Waals surface area contributed by atoms with E-state index in [4.69, 9.17) is 0 Å². The Labute approximate surface area is 115 Å². The van der Waals surface area contributed by atoms with E-state index in [-0.39, 0.29) is 5.41 Å². The molecule has 3 nitrogen and oxygen atoms in total. The van der Waals surface area contributed by atoms with Gasteiger partial charge in [0.1, 0.15) is 0 Å². The minimum absolute atomic E-state index is 0.218. The van der Waals surface area contributed by atoms with Crippen LogP contribution in [0.1, 0.15) is 44.4 Å². The van der Waals surface area contributed by atoms with Gasteiger partial charge in [-0.2, -0.15) is 5.10 Å². The summed E-state index contributed by atoms with van der Waals surface area (Å²) < 4.78 is 0. The van der Waals surface area contributed by atoms with Gasteiger partial charge < -0.3 is 10.7 Å². The summed E-state index contributed by atoms with van der Waals surface area (Å²) in [7, 11) is 0. The summed E-state index contributed by atoms with van der Waals surface area (Å²) in [4.78, 5) is 0. The van der Waals surface area contributed by atoms with Crippen LogP contribution in [0.5, 0.6) is 0 Å². The molecule has 2 aliphatic heterocycles. The fourth-order valence-corrected chi connectivity index (χ4v) is 2.97. The number of piperidine rings is 1. The van der Waals surface area contributed by atoms with E-state index >= 15 is 0 Å². The van der Waals surface area contributed by atoms with E-state index in [1.807, 2.05) is 0 Å². The Morgan fingerprint density at radius 1 is 1.16 bits per heavy atom. The number of nitrogens with zero attached hydrogens (tertiary/aromatic N) is 1. The predicted octanol–water partition coefficient (Wildman–Crippen LogP) is 2.59. The van der Waals surface area contributed by atoms with Gasteiger partial charge in [0.2, 0.25) is 0 Å². The molecule has 0 radical (unpaired) electrons. The molecule has 0 aliphatic carbocycles. The van der Waals surface area contributed by atoms with E-state index in [1.165, 1.54) is 16.8 Å². The average Bonchev–Trinajstić information content (AvgIpc) is 2.82. The highest BCUT2D eigenvalue weighted by Gasteiger charge is 2.34. The lowest BCUT2D eigenvalue weighted by Gasteiger charge is -2.26.